The highest BCUT2D eigenvalue weighted by Crippen LogP contribution is 2.16. The number of hydrogen-bond acceptors (Lipinski definition) is 6. The molecule has 0 bridgehead atoms. The molecule has 0 spiro atoms. The first-order valence-electron chi connectivity index (χ1n) is 6.82. The summed E-state index contributed by atoms with van der Waals surface area (Å²) in [6.07, 6.45) is 3.51. The molecular weight excluding hydrogens is 266 g/mol. The normalized spacial score (nSPS) is 15.0. The van der Waals surface area contributed by atoms with Crippen LogP contribution in [0.4, 0.5) is 11.8 Å². The topological polar surface area (TPSA) is 95.0 Å². The Morgan fingerprint density at radius 2 is 1.67 bits per heavy atom. The second-order valence-corrected chi connectivity index (χ2v) is 4.82. The number of nitrogens with zero attached hydrogens (tertiary/aromatic N) is 5. The van der Waals surface area contributed by atoms with Crippen molar-refractivity contribution >= 4 is 17.6 Å². The van der Waals surface area contributed by atoms with E-state index in [1.54, 1.807) is 18.5 Å². The molecule has 2 aromatic rings. The molecule has 0 aliphatic carbocycles. The number of amidine groups is 1. The highest BCUT2D eigenvalue weighted by molar-refractivity contribution is 5.93. The highest BCUT2D eigenvalue weighted by Gasteiger charge is 2.19. The number of aromatic nitrogens is 3. The maximum atomic E-state index is 7.46. The molecule has 7 heteroatoms. The van der Waals surface area contributed by atoms with Crippen LogP contribution < -0.4 is 15.5 Å². The summed E-state index contributed by atoms with van der Waals surface area (Å²) in [6.45, 7) is 3.37. The van der Waals surface area contributed by atoms with Gasteiger partial charge in [0.25, 0.3) is 0 Å². The molecule has 1 fully saturated rings. The molecule has 0 atom stereocenters. The van der Waals surface area contributed by atoms with Gasteiger partial charge in [0.05, 0.1) is 0 Å². The second-order valence-electron chi connectivity index (χ2n) is 4.82. The van der Waals surface area contributed by atoms with Crippen LogP contribution in [0.15, 0.2) is 36.7 Å². The molecule has 108 valence electrons. The SMILES string of the molecule is N=C(N)c1cccc(N2CCN(c3ncccn3)CC2)n1. The lowest BCUT2D eigenvalue weighted by atomic mass is 10.3. The molecule has 3 heterocycles. The molecule has 0 unspecified atom stereocenters. The van der Waals surface area contributed by atoms with Gasteiger partial charge in [-0.25, -0.2) is 15.0 Å². The van der Waals surface area contributed by atoms with Gasteiger partial charge < -0.3 is 15.5 Å². The maximum absolute atomic E-state index is 7.46. The zero-order valence-corrected chi connectivity index (χ0v) is 11.6. The lowest BCUT2D eigenvalue weighted by Gasteiger charge is -2.35. The van der Waals surface area contributed by atoms with Gasteiger partial charge in [0, 0.05) is 38.6 Å². The van der Waals surface area contributed by atoms with Gasteiger partial charge in [-0.05, 0) is 18.2 Å². The fourth-order valence-electron chi connectivity index (χ4n) is 2.34. The number of piperazine rings is 1. The molecule has 0 aromatic carbocycles. The summed E-state index contributed by atoms with van der Waals surface area (Å²) in [6, 6.07) is 7.39. The fourth-order valence-corrected chi connectivity index (χ4v) is 2.34. The minimum absolute atomic E-state index is 0.00632. The van der Waals surface area contributed by atoms with Crippen LogP contribution in [0.2, 0.25) is 0 Å². The fraction of sp³-hybridized carbons (Fsp3) is 0.286. The van der Waals surface area contributed by atoms with Crippen LogP contribution in [0, 0.1) is 5.41 Å². The van der Waals surface area contributed by atoms with E-state index in [0.29, 0.717) is 5.69 Å². The number of nitrogens with one attached hydrogen (secondary N) is 1. The molecule has 3 N–H and O–H groups in total. The lowest BCUT2D eigenvalue weighted by Crippen LogP contribution is -2.47. The third kappa shape index (κ3) is 2.91. The van der Waals surface area contributed by atoms with E-state index in [2.05, 4.69) is 24.8 Å². The third-order valence-electron chi connectivity index (χ3n) is 3.45. The Balaban J connectivity index is 1.68. The zero-order valence-electron chi connectivity index (χ0n) is 11.6. The maximum Gasteiger partial charge on any atom is 0.225 e. The molecule has 1 aliphatic rings. The van der Waals surface area contributed by atoms with Crippen LogP contribution in [0.1, 0.15) is 5.69 Å². The Labute approximate surface area is 123 Å². The predicted octanol–water partition coefficient (Wildman–Crippen LogP) is 0.482. The van der Waals surface area contributed by atoms with Gasteiger partial charge in [-0.15, -0.1) is 0 Å². The zero-order chi connectivity index (χ0) is 14.7. The Morgan fingerprint density at radius 3 is 2.33 bits per heavy atom. The molecule has 1 aliphatic heterocycles. The van der Waals surface area contributed by atoms with Gasteiger partial charge in [-0.1, -0.05) is 6.07 Å². The van der Waals surface area contributed by atoms with Crippen LogP contribution in [0.25, 0.3) is 0 Å². The van der Waals surface area contributed by atoms with Gasteiger partial charge in [0.15, 0.2) is 0 Å². The average molecular weight is 283 g/mol. The van der Waals surface area contributed by atoms with Gasteiger partial charge >= 0.3 is 0 Å². The Kier molecular flexibility index (Phi) is 3.63. The molecule has 2 aromatic heterocycles. The van der Waals surface area contributed by atoms with E-state index in [4.69, 9.17) is 11.1 Å². The summed E-state index contributed by atoms with van der Waals surface area (Å²) in [5, 5.41) is 7.46. The van der Waals surface area contributed by atoms with Crippen LogP contribution in [-0.2, 0) is 0 Å². The van der Waals surface area contributed by atoms with Crippen LogP contribution >= 0.6 is 0 Å². The molecule has 0 radical (unpaired) electrons. The molecule has 1 saturated heterocycles. The Morgan fingerprint density at radius 1 is 1.00 bits per heavy atom. The largest absolute Gasteiger partial charge is 0.382 e. The number of anilines is 2. The Hall–Kier alpha value is -2.70. The van der Waals surface area contributed by atoms with Crippen molar-refractivity contribution in [3.8, 4) is 0 Å². The van der Waals surface area contributed by atoms with E-state index < -0.39 is 0 Å². The first kappa shape index (κ1) is 13.3. The van der Waals surface area contributed by atoms with Crippen molar-refractivity contribution in [2.45, 2.75) is 0 Å². The molecular formula is C14H17N7. The smallest absolute Gasteiger partial charge is 0.225 e. The number of pyridine rings is 1. The number of nitrogen functional groups attached to an aromatic ring is 1. The summed E-state index contributed by atoms with van der Waals surface area (Å²) in [7, 11) is 0. The second kappa shape index (κ2) is 5.74. The van der Waals surface area contributed by atoms with Crippen molar-refractivity contribution in [2.75, 3.05) is 36.0 Å². The van der Waals surface area contributed by atoms with E-state index >= 15 is 0 Å². The quantitative estimate of drug-likeness (QED) is 0.628. The van der Waals surface area contributed by atoms with E-state index in [1.165, 1.54) is 0 Å². The first-order chi connectivity index (χ1) is 10.2. The van der Waals surface area contributed by atoms with Gasteiger partial charge in [-0.2, -0.15) is 0 Å². The summed E-state index contributed by atoms with van der Waals surface area (Å²) >= 11 is 0. The van der Waals surface area contributed by atoms with Gasteiger partial charge in [0.2, 0.25) is 5.95 Å². The number of hydrogen-bond donors (Lipinski definition) is 2. The van der Waals surface area contributed by atoms with Crippen molar-refractivity contribution in [3.63, 3.8) is 0 Å². The molecule has 7 nitrogen and oxygen atoms in total. The number of nitrogens with two attached hydrogens (primary N) is 1. The van der Waals surface area contributed by atoms with E-state index in [0.717, 1.165) is 37.9 Å². The Bertz CT molecular complexity index is 620. The molecule has 21 heavy (non-hydrogen) atoms. The third-order valence-corrected chi connectivity index (χ3v) is 3.45. The summed E-state index contributed by atoms with van der Waals surface area (Å²) in [5.41, 5.74) is 6.00. The first-order valence-corrected chi connectivity index (χ1v) is 6.82. The highest BCUT2D eigenvalue weighted by atomic mass is 15.3. The molecule has 0 amide bonds. The van der Waals surface area contributed by atoms with Crippen molar-refractivity contribution in [1.82, 2.24) is 15.0 Å². The minimum atomic E-state index is -0.00632. The van der Waals surface area contributed by atoms with Crippen molar-refractivity contribution in [2.24, 2.45) is 5.73 Å². The summed E-state index contributed by atoms with van der Waals surface area (Å²) in [5.74, 6) is 1.62. The van der Waals surface area contributed by atoms with Gasteiger partial charge in [0.1, 0.15) is 17.3 Å². The van der Waals surface area contributed by atoms with E-state index in [1.807, 2.05) is 18.2 Å². The minimum Gasteiger partial charge on any atom is -0.382 e. The van der Waals surface area contributed by atoms with E-state index in [9.17, 15) is 0 Å². The van der Waals surface area contributed by atoms with Crippen LogP contribution in [0.3, 0.4) is 0 Å². The van der Waals surface area contributed by atoms with Crippen molar-refractivity contribution in [3.05, 3.63) is 42.4 Å². The average Bonchev–Trinajstić information content (AvgIpc) is 2.56. The van der Waals surface area contributed by atoms with Crippen LogP contribution in [-0.4, -0.2) is 47.0 Å². The van der Waals surface area contributed by atoms with Crippen molar-refractivity contribution < 1.29 is 0 Å². The van der Waals surface area contributed by atoms with Gasteiger partial charge in [-0.3, -0.25) is 5.41 Å². The predicted molar refractivity (Wildman–Crippen MR) is 81.7 cm³/mol. The lowest BCUT2D eigenvalue weighted by molar-refractivity contribution is 0.634. The molecule has 3 rings (SSSR count). The monoisotopic (exact) mass is 283 g/mol. The summed E-state index contributed by atoms with van der Waals surface area (Å²) in [4.78, 5) is 17.3. The molecule has 0 saturated carbocycles. The van der Waals surface area contributed by atoms with E-state index in [-0.39, 0.29) is 5.84 Å². The summed E-state index contributed by atoms with van der Waals surface area (Å²) < 4.78 is 0. The number of rotatable bonds is 3. The van der Waals surface area contributed by atoms with Crippen LogP contribution in [0.5, 0.6) is 0 Å². The standard InChI is InChI=1S/C14H17N7/c15-13(16)11-3-1-4-12(19-11)20-7-9-21(10-8-20)14-17-5-2-6-18-14/h1-6H,7-10H2,(H3,15,16). The van der Waals surface area contributed by atoms with Crippen molar-refractivity contribution in [1.29, 1.82) is 5.41 Å².